The molecule has 35 heteroatoms. The second-order valence-corrected chi connectivity index (χ2v) is 8.91. The van der Waals surface area contributed by atoms with Crippen LogP contribution < -0.4 is 0 Å². The Morgan fingerprint density at radius 1 is 0.723 bits per heavy atom. The van der Waals surface area contributed by atoms with Gasteiger partial charge in [-0.05, 0) is 0 Å². The van der Waals surface area contributed by atoms with Crippen LogP contribution in [0.1, 0.15) is 0 Å². The molecule has 0 aromatic rings. The van der Waals surface area contributed by atoms with E-state index in [2.05, 4.69) is 19.0 Å². The average molecular weight is 702 g/mol. The maximum atomic E-state index is 12.5. The number of aliphatic hydroxyl groups is 7. The van der Waals surface area contributed by atoms with Gasteiger partial charge in [-0.3, -0.25) is 75.9 Å². The third-order valence-electron chi connectivity index (χ3n) is 6.82. The molecule has 1 unspecified atom stereocenters. The minimum atomic E-state index is -6.88. The van der Waals surface area contributed by atoms with Gasteiger partial charge in [-0.15, -0.1) is 10.1 Å². The number of hydrogen-bond acceptors (Lipinski definition) is 27. The molecule has 0 aromatic heterocycles. The van der Waals surface area contributed by atoms with E-state index in [1.165, 1.54) is 0 Å². The highest BCUT2D eigenvalue weighted by Crippen LogP contribution is 2.61. The SMILES string of the molecule is O=[N+]([O-])O[C@@]1([N+](=O)[O-])[C@@](O)([N+](=O)[O-])[C@](O)([N+](=O)[O-])[C@@](OC2(CO)O[C@H](CO)[C@@H](O)[C@@H]2O)([N+](=O)[O-])O[C@]1([N+](=O)[O-])C(O)([N+](=O)[O-])[N+](=O)[O-]. The van der Waals surface area contributed by atoms with E-state index in [1.54, 1.807) is 0 Å². The molecule has 2 heterocycles. The van der Waals surface area contributed by atoms with Crippen molar-refractivity contribution in [3.63, 3.8) is 0 Å². The van der Waals surface area contributed by atoms with Gasteiger partial charge in [0.15, 0.2) is 0 Å². The first-order chi connectivity index (χ1) is 21.2. The van der Waals surface area contributed by atoms with Gasteiger partial charge in [0.2, 0.25) is 5.79 Å². The number of hydrogen-bond donors (Lipinski definition) is 7. The van der Waals surface area contributed by atoms with E-state index < -0.39 is 112 Å². The number of aliphatic hydroxyl groups excluding tert-OH is 4. The molecule has 9 atom stereocenters. The van der Waals surface area contributed by atoms with Crippen molar-refractivity contribution in [3.05, 3.63) is 80.9 Å². The van der Waals surface area contributed by atoms with Gasteiger partial charge in [0.1, 0.15) is 34.8 Å². The van der Waals surface area contributed by atoms with E-state index in [0.29, 0.717) is 0 Å². The molecule has 35 nitrogen and oxygen atoms in total. The number of ether oxygens (including phenoxy) is 3. The fourth-order valence-corrected chi connectivity index (χ4v) is 4.72. The van der Waals surface area contributed by atoms with Crippen LogP contribution in [0.4, 0.5) is 0 Å². The molecule has 47 heavy (non-hydrogen) atoms. The Bertz CT molecular complexity index is 1430. The Morgan fingerprint density at radius 2 is 1.19 bits per heavy atom. The molecule has 0 aliphatic carbocycles. The summed E-state index contributed by atoms with van der Waals surface area (Å²) < 4.78 is 12.6. The molecule has 0 saturated carbocycles. The lowest BCUT2D eigenvalue weighted by Crippen LogP contribution is -3.00. The van der Waals surface area contributed by atoms with Gasteiger partial charge < -0.3 is 35.4 Å². The quantitative estimate of drug-likeness (QED) is 0.0502. The molecule has 0 radical (unpaired) electrons. The van der Waals surface area contributed by atoms with Crippen LogP contribution in [0, 0.1) is 80.9 Å². The largest absolute Gasteiger partial charge is 0.686 e. The highest BCUT2D eigenvalue weighted by atomic mass is 17.0. The van der Waals surface area contributed by atoms with Gasteiger partial charge in [0, 0.05) is 0 Å². The van der Waals surface area contributed by atoms with Crippen LogP contribution in [-0.4, -0.2) is 147 Å². The molecule has 2 rings (SSSR count). The van der Waals surface area contributed by atoms with Crippen LogP contribution in [0.5, 0.6) is 0 Å². The molecule has 264 valence electrons. The van der Waals surface area contributed by atoms with Crippen LogP contribution in [0.3, 0.4) is 0 Å². The zero-order valence-corrected chi connectivity index (χ0v) is 21.5. The summed E-state index contributed by atoms with van der Waals surface area (Å²) in [5.41, 5.74) is -27.1. The standard InChI is InChI=1S/C12H14N8O27/c21-1-3-4(23)5(24)6(2-22,44-3)45-12(19(40)41)8(26,14(30)31)7(25,13(28)29)9(15(32)33,47-20(42)43)10(46-12,16(34)35)11(27,17(36)37)18(38)39/h3-5,21-27H,1-2H2/t3-,4-,5+,6?,7-,8-,9+,10+,12+/m1/s1. The summed E-state index contributed by atoms with van der Waals surface area (Å²) >= 11 is 0. The lowest BCUT2D eigenvalue weighted by Gasteiger charge is -2.47. The molecule has 2 saturated heterocycles. The fraction of sp³-hybridized carbons (Fsp3) is 1.00. The van der Waals surface area contributed by atoms with Gasteiger partial charge in [-0.1, -0.05) is 0 Å². The summed E-state index contributed by atoms with van der Waals surface area (Å²) in [6.45, 7) is -3.94. The van der Waals surface area contributed by atoms with Crippen molar-refractivity contribution < 1.29 is 94.3 Å². The van der Waals surface area contributed by atoms with Crippen molar-refractivity contribution in [1.29, 1.82) is 0 Å². The second-order valence-electron chi connectivity index (χ2n) is 8.91. The lowest BCUT2D eigenvalue weighted by molar-refractivity contribution is -1.03. The van der Waals surface area contributed by atoms with Gasteiger partial charge in [-0.25, -0.2) is 9.57 Å². The molecular formula is C12H14N8O27. The molecule has 0 aromatic carbocycles. The highest BCUT2D eigenvalue weighted by Gasteiger charge is 3.20. The summed E-state index contributed by atoms with van der Waals surface area (Å²) in [6, 6.07) is 0. The smallest absolute Gasteiger partial charge is 0.394 e. The maximum Gasteiger partial charge on any atom is 0.686 e. The van der Waals surface area contributed by atoms with Crippen LogP contribution in [0.2, 0.25) is 0 Å². The molecule has 0 amide bonds. The monoisotopic (exact) mass is 702 g/mol. The van der Waals surface area contributed by atoms with Crippen LogP contribution >= 0.6 is 0 Å². The highest BCUT2D eigenvalue weighted by molar-refractivity contribution is 5.15. The normalized spacial score (nSPS) is 38.6. The third kappa shape index (κ3) is 4.02. The van der Waals surface area contributed by atoms with Crippen LogP contribution in [0.25, 0.3) is 0 Å². The predicted molar refractivity (Wildman–Crippen MR) is 116 cm³/mol. The van der Waals surface area contributed by atoms with E-state index >= 15 is 0 Å². The van der Waals surface area contributed by atoms with E-state index in [9.17, 15) is 117 Å². The van der Waals surface area contributed by atoms with Crippen molar-refractivity contribution in [1.82, 2.24) is 0 Å². The summed E-state index contributed by atoms with van der Waals surface area (Å²) in [6.07, 6.45) is -8.41. The Balaban J connectivity index is 3.59. The zero-order valence-electron chi connectivity index (χ0n) is 21.5. The second kappa shape index (κ2) is 11.1. The Morgan fingerprint density at radius 3 is 1.47 bits per heavy atom. The summed E-state index contributed by atoms with van der Waals surface area (Å²) in [5, 5.41) is 166. The number of nitrogens with zero attached hydrogens (tertiary/aromatic N) is 8. The van der Waals surface area contributed by atoms with Gasteiger partial charge >= 0.3 is 39.7 Å². The Kier molecular flexibility index (Phi) is 8.96. The van der Waals surface area contributed by atoms with Crippen molar-refractivity contribution in [3.8, 4) is 0 Å². The Hall–Kier alpha value is -5.40. The van der Waals surface area contributed by atoms with Crippen molar-refractivity contribution >= 4 is 0 Å². The first kappa shape index (κ1) is 37.8. The predicted octanol–water partition coefficient (Wildman–Crippen LogP) is -7.95. The topological polar surface area (TPSA) is 524 Å². The van der Waals surface area contributed by atoms with E-state index in [-0.39, 0.29) is 0 Å². The van der Waals surface area contributed by atoms with Crippen molar-refractivity contribution in [2.45, 2.75) is 58.8 Å². The van der Waals surface area contributed by atoms with E-state index in [0.717, 1.165) is 0 Å². The minimum Gasteiger partial charge on any atom is -0.394 e. The first-order valence-electron chi connectivity index (χ1n) is 10.9. The van der Waals surface area contributed by atoms with Gasteiger partial charge in [0.05, 0.1) is 31.2 Å². The molecule has 2 aliphatic heterocycles. The summed E-state index contributed by atoms with van der Waals surface area (Å²) in [7, 11) is 0. The lowest BCUT2D eigenvalue weighted by atomic mass is 9.74. The van der Waals surface area contributed by atoms with E-state index in [4.69, 9.17) is 0 Å². The van der Waals surface area contributed by atoms with Crippen molar-refractivity contribution in [2.75, 3.05) is 13.2 Å². The minimum absolute atomic E-state index is 1.56. The van der Waals surface area contributed by atoms with Crippen LogP contribution in [0.15, 0.2) is 0 Å². The number of rotatable bonds is 14. The van der Waals surface area contributed by atoms with Gasteiger partial charge in [-0.2, -0.15) is 4.74 Å². The average Bonchev–Trinajstić information content (AvgIpc) is 3.19. The molecule has 2 fully saturated rings. The van der Waals surface area contributed by atoms with Crippen molar-refractivity contribution in [2.24, 2.45) is 0 Å². The number of nitro groups is 7. The zero-order chi connectivity index (χ0) is 37.1. The molecule has 0 spiro atoms. The molecular weight excluding hydrogens is 688 g/mol. The van der Waals surface area contributed by atoms with Gasteiger partial charge in [0.25, 0.3) is 0 Å². The summed E-state index contributed by atoms with van der Waals surface area (Å²) in [5.74, 6) is -17.2. The molecule has 0 bridgehead atoms. The fourth-order valence-electron chi connectivity index (χ4n) is 4.72. The maximum absolute atomic E-state index is 12.5. The molecule has 2 aliphatic rings. The Labute approximate surface area is 248 Å². The van der Waals surface area contributed by atoms with Crippen LogP contribution in [-0.2, 0) is 19.0 Å². The van der Waals surface area contributed by atoms with E-state index in [1.807, 2.05) is 0 Å². The third-order valence-corrected chi connectivity index (χ3v) is 6.82. The molecule has 7 N–H and O–H groups in total. The first-order valence-corrected chi connectivity index (χ1v) is 10.9. The summed E-state index contributed by atoms with van der Waals surface area (Å²) in [4.78, 5) is 77.8.